The lowest BCUT2D eigenvalue weighted by atomic mass is 9.98. The van der Waals surface area contributed by atoms with Crippen molar-refractivity contribution in [3.63, 3.8) is 0 Å². The number of nitrogens with zero attached hydrogens (tertiary/aromatic N) is 2. The second-order valence-corrected chi connectivity index (χ2v) is 8.30. The summed E-state index contributed by atoms with van der Waals surface area (Å²) in [6.45, 7) is 5.24. The topological polar surface area (TPSA) is 48.9 Å². The van der Waals surface area contributed by atoms with E-state index in [4.69, 9.17) is 4.74 Å². The SMILES string of the molecule is CN=C(NCCc1ccccc1OC)NCC1CCCN(Cc2cccs2)C1.I. The molecule has 1 aromatic heterocycles. The number of hydrogen-bond donors (Lipinski definition) is 2. The van der Waals surface area contributed by atoms with Crippen LogP contribution in [0.2, 0.25) is 0 Å². The second kappa shape index (κ2) is 13.1. The normalized spacial score (nSPS) is 17.4. The van der Waals surface area contributed by atoms with Gasteiger partial charge in [0.05, 0.1) is 7.11 Å². The van der Waals surface area contributed by atoms with Gasteiger partial charge in [-0.25, -0.2) is 0 Å². The number of methoxy groups -OCH3 is 1. The number of ether oxygens (including phenoxy) is 1. The first kappa shape index (κ1) is 24.0. The first-order chi connectivity index (χ1) is 13.8. The molecule has 1 atom stereocenters. The number of aliphatic imine (C=N–C) groups is 1. The van der Waals surface area contributed by atoms with Gasteiger partial charge in [-0.1, -0.05) is 24.3 Å². The number of hydrogen-bond acceptors (Lipinski definition) is 4. The molecule has 0 spiro atoms. The van der Waals surface area contributed by atoms with Gasteiger partial charge < -0.3 is 15.4 Å². The highest BCUT2D eigenvalue weighted by Gasteiger charge is 2.20. The predicted octanol–water partition coefficient (Wildman–Crippen LogP) is 3.99. The largest absolute Gasteiger partial charge is 0.496 e. The molecule has 1 fully saturated rings. The number of nitrogens with one attached hydrogen (secondary N) is 2. The van der Waals surface area contributed by atoms with Crippen molar-refractivity contribution in [1.82, 2.24) is 15.5 Å². The number of thiophene rings is 1. The van der Waals surface area contributed by atoms with Gasteiger partial charge in [-0.05, 0) is 54.8 Å². The first-order valence-corrected chi connectivity index (χ1v) is 11.0. The molecule has 0 bridgehead atoms. The fourth-order valence-electron chi connectivity index (χ4n) is 3.77. The van der Waals surface area contributed by atoms with Gasteiger partial charge in [0.25, 0.3) is 0 Å². The standard InChI is InChI=1S/C22H32N4OS.HI/c1-23-22(24-12-11-19-8-3-4-10-21(19)27-2)25-15-18-7-5-13-26(16-18)17-20-9-6-14-28-20;/h3-4,6,8-10,14,18H,5,7,11-13,15-17H2,1-2H3,(H2,23,24,25);1H. The van der Waals surface area contributed by atoms with Gasteiger partial charge in [0, 0.05) is 38.1 Å². The third-order valence-corrected chi connectivity index (χ3v) is 6.08. The zero-order valence-corrected chi connectivity index (χ0v) is 20.5. The Kier molecular flexibility index (Phi) is 10.8. The molecule has 5 nitrogen and oxygen atoms in total. The summed E-state index contributed by atoms with van der Waals surface area (Å²) in [6.07, 6.45) is 3.46. The highest BCUT2D eigenvalue weighted by Crippen LogP contribution is 2.20. The molecule has 3 rings (SSSR count). The van der Waals surface area contributed by atoms with E-state index in [0.29, 0.717) is 5.92 Å². The third kappa shape index (κ3) is 7.79. The monoisotopic (exact) mass is 528 g/mol. The number of benzene rings is 1. The van der Waals surface area contributed by atoms with Crippen LogP contribution in [-0.2, 0) is 13.0 Å². The molecule has 2 N–H and O–H groups in total. The molecular weight excluding hydrogens is 495 g/mol. The number of halogens is 1. The number of guanidine groups is 1. The Bertz CT molecular complexity index is 738. The summed E-state index contributed by atoms with van der Waals surface area (Å²) in [7, 11) is 3.56. The van der Waals surface area contributed by atoms with E-state index in [2.05, 4.69) is 50.2 Å². The fraction of sp³-hybridized carbons (Fsp3) is 0.500. The van der Waals surface area contributed by atoms with E-state index < -0.39 is 0 Å². The smallest absolute Gasteiger partial charge is 0.190 e. The number of piperidine rings is 1. The van der Waals surface area contributed by atoms with E-state index in [-0.39, 0.29) is 24.0 Å². The van der Waals surface area contributed by atoms with Crippen molar-refractivity contribution >= 4 is 41.3 Å². The quantitative estimate of drug-likeness (QED) is 0.309. The van der Waals surface area contributed by atoms with E-state index in [1.165, 1.54) is 29.8 Å². The molecule has 2 aromatic rings. The maximum absolute atomic E-state index is 5.43. The average Bonchev–Trinajstić information content (AvgIpc) is 3.24. The van der Waals surface area contributed by atoms with E-state index >= 15 is 0 Å². The molecule has 29 heavy (non-hydrogen) atoms. The van der Waals surface area contributed by atoms with Crippen LogP contribution in [0, 0.1) is 5.92 Å². The van der Waals surface area contributed by atoms with Crippen molar-refractivity contribution in [2.24, 2.45) is 10.9 Å². The molecule has 0 saturated carbocycles. The maximum Gasteiger partial charge on any atom is 0.190 e. The Balaban J connectivity index is 0.00000300. The van der Waals surface area contributed by atoms with E-state index in [0.717, 1.165) is 44.3 Å². The van der Waals surface area contributed by atoms with Crippen LogP contribution in [-0.4, -0.2) is 51.2 Å². The summed E-state index contributed by atoms with van der Waals surface area (Å²) < 4.78 is 5.43. The minimum absolute atomic E-state index is 0. The minimum atomic E-state index is 0. The van der Waals surface area contributed by atoms with Crippen LogP contribution >= 0.6 is 35.3 Å². The van der Waals surface area contributed by atoms with Crippen molar-refractivity contribution in [3.05, 3.63) is 52.2 Å². The highest BCUT2D eigenvalue weighted by molar-refractivity contribution is 14.0. The molecule has 1 aliphatic rings. The zero-order chi connectivity index (χ0) is 19.6. The minimum Gasteiger partial charge on any atom is -0.496 e. The molecule has 2 heterocycles. The van der Waals surface area contributed by atoms with Crippen LogP contribution in [0.1, 0.15) is 23.3 Å². The van der Waals surface area contributed by atoms with E-state index in [1.54, 1.807) is 7.11 Å². The lowest BCUT2D eigenvalue weighted by Crippen LogP contribution is -2.44. The third-order valence-electron chi connectivity index (χ3n) is 5.22. The molecule has 0 radical (unpaired) electrons. The number of likely N-dealkylation sites (tertiary alicyclic amines) is 1. The molecular formula is C22H33IN4OS. The molecule has 1 aromatic carbocycles. The highest BCUT2D eigenvalue weighted by atomic mass is 127. The van der Waals surface area contributed by atoms with Gasteiger partial charge in [0.15, 0.2) is 5.96 Å². The molecule has 0 aliphatic carbocycles. The van der Waals surface area contributed by atoms with Gasteiger partial charge in [-0.2, -0.15) is 0 Å². The van der Waals surface area contributed by atoms with Gasteiger partial charge in [-0.15, -0.1) is 35.3 Å². The van der Waals surface area contributed by atoms with Crippen LogP contribution in [0.3, 0.4) is 0 Å². The van der Waals surface area contributed by atoms with Gasteiger partial charge in [0.2, 0.25) is 0 Å². The number of rotatable bonds is 8. The van der Waals surface area contributed by atoms with Crippen LogP contribution in [0.25, 0.3) is 0 Å². The van der Waals surface area contributed by atoms with Crippen LogP contribution in [0.5, 0.6) is 5.75 Å². The van der Waals surface area contributed by atoms with Crippen LogP contribution < -0.4 is 15.4 Å². The molecule has 0 amide bonds. The fourth-order valence-corrected chi connectivity index (χ4v) is 4.52. The predicted molar refractivity (Wildman–Crippen MR) is 134 cm³/mol. The van der Waals surface area contributed by atoms with Crippen molar-refractivity contribution in [2.45, 2.75) is 25.8 Å². The van der Waals surface area contributed by atoms with E-state index in [1.807, 2.05) is 30.5 Å². The summed E-state index contributed by atoms with van der Waals surface area (Å²) >= 11 is 1.85. The summed E-state index contributed by atoms with van der Waals surface area (Å²) in [5, 5.41) is 9.11. The van der Waals surface area contributed by atoms with Crippen LogP contribution in [0.4, 0.5) is 0 Å². The van der Waals surface area contributed by atoms with Crippen molar-refractivity contribution in [1.29, 1.82) is 0 Å². The van der Waals surface area contributed by atoms with Gasteiger partial charge >= 0.3 is 0 Å². The Morgan fingerprint density at radius 2 is 2.10 bits per heavy atom. The van der Waals surface area contributed by atoms with Crippen LogP contribution in [0.15, 0.2) is 46.8 Å². The molecule has 1 aliphatic heterocycles. The molecule has 160 valence electrons. The summed E-state index contributed by atoms with van der Waals surface area (Å²) in [6, 6.07) is 12.6. The Hall–Kier alpha value is -1.32. The van der Waals surface area contributed by atoms with Gasteiger partial charge in [0.1, 0.15) is 5.75 Å². The molecule has 1 saturated heterocycles. The summed E-state index contributed by atoms with van der Waals surface area (Å²) in [5.41, 5.74) is 1.21. The molecule has 7 heteroatoms. The number of para-hydroxylation sites is 1. The average molecular weight is 529 g/mol. The van der Waals surface area contributed by atoms with Gasteiger partial charge in [-0.3, -0.25) is 9.89 Å². The Labute approximate surface area is 196 Å². The van der Waals surface area contributed by atoms with Crippen molar-refractivity contribution in [3.8, 4) is 5.75 Å². The Morgan fingerprint density at radius 1 is 1.24 bits per heavy atom. The first-order valence-electron chi connectivity index (χ1n) is 10.1. The zero-order valence-electron chi connectivity index (χ0n) is 17.4. The lowest BCUT2D eigenvalue weighted by Gasteiger charge is -2.32. The maximum atomic E-state index is 5.43. The van der Waals surface area contributed by atoms with E-state index in [9.17, 15) is 0 Å². The Morgan fingerprint density at radius 3 is 2.86 bits per heavy atom. The van der Waals surface area contributed by atoms with Crippen molar-refractivity contribution in [2.75, 3.05) is 40.3 Å². The summed E-state index contributed by atoms with van der Waals surface area (Å²) in [4.78, 5) is 8.42. The summed E-state index contributed by atoms with van der Waals surface area (Å²) in [5.74, 6) is 2.49. The van der Waals surface area contributed by atoms with Crippen molar-refractivity contribution < 1.29 is 4.74 Å². The lowest BCUT2D eigenvalue weighted by molar-refractivity contribution is 0.169. The second-order valence-electron chi connectivity index (χ2n) is 7.26. The molecule has 1 unspecified atom stereocenters.